The number of nitrogens with zero attached hydrogens (tertiary/aromatic N) is 1. The molecule has 2 aromatic carbocycles. The predicted octanol–water partition coefficient (Wildman–Crippen LogP) is 4.00. The third kappa shape index (κ3) is 3.16. The first kappa shape index (κ1) is 16.6. The van der Waals surface area contributed by atoms with Gasteiger partial charge in [-0.05, 0) is 60.5 Å². The molecule has 24 heavy (non-hydrogen) atoms. The van der Waals surface area contributed by atoms with E-state index in [1.54, 1.807) is 18.2 Å². The monoisotopic (exact) mass is 359 g/mol. The van der Waals surface area contributed by atoms with Crippen LogP contribution in [-0.2, 0) is 16.3 Å². The third-order valence-corrected chi connectivity index (χ3v) is 5.67. The van der Waals surface area contributed by atoms with Crippen molar-refractivity contribution >= 4 is 27.5 Å². The van der Waals surface area contributed by atoms with Crippen molar-refractivity contribution in [1.82, 2.24) is 0 Å². The number of allylic oxidation sites excluding steroid dienone is 1. The lowest BCUT2D eigenvalue weighted by atomic mass is 10.1. The fourth-order valence-electron chi connectivity index (χ4n) is 2.59. The maximum atomic E-state index is 12.6. The molecule has 0 aromatic heterocycles. The summed E-state index contributed by atoms with van der Waals surface area (Å²) in [5.41, 5.74) is 1.66. The van der Waals surface area contributed by atoms with Crippen LogP contribution in [0, 0.1) is 11.3 Å². The van der Waals surface area contributed by atoms with Crippen LogP contribution in [0.25, 0.3) is 6.08 Å². The fourth-order valence-corrected chi connectivity index (χ4v) is 3.88. The van der Waals surface area contributed by atoms with E-state index >= 15 is 0 Å². The molecule has 0 N–H and O–H groups in total. The minimum Gasteiger partial charge on any atom is -0.490 e. The minimum atomic E-state index is -3.88. The Morgan fingerprint density at radius 2 is 2.00 bits per heavy atom. The smallest absolute Gasteiger partial charge is 0.216 e. The predicted molar refractivity (Wildman–Crippen MR) is 92.5 cm³/mol. The third-order valence-electron chi connectivity index (χ3n) is 3.74. The molecule has 0 bridgehead atoms. The van der Waals surface area contributed by atoms with Crippen molar-refractivity contribution in [3.63, 3.8) is 0 Å². The molecule has 0 saturated heterocycles. The second-order valence-electron chi connectivity index (χ2n) is 5.58. The van der Waals surface area contributed by atoms with Crippen molar-refractivity contribution < 1.29 is 13.2 Å². The van der Waals surface area contributed by atoms with Crippen LogP contribution in [0.15, 0.2) is 52.3 Å². The van der Waals surface area contributed by atoms with Crippen LogP contribution in [-0.4, -0.2) is 14.5 Å². The van der Waals surface area contributed by atoms with E-state index < -0.39 is 9.84 Å². The number of rotatable bonds is 3. The lowest BCUT2D eigenvalue weighted by Gasteiger charge is -2.04. The van der Waals surface area contributed by atoms with Gasteiger partial charge in [0.2, 0.25) is 9.84 Å². The highest BCUT2D eigenvalue weighted by atomic mass is 35.5. The van der Waals surface area contributed by atoms with Crippen LogP contribution in [0.2, 0.25) is 5.02 Å². The van der Waals surface area contributed by atoms with Gasteiger partial charge in [0.15, 0.2) is 0 Å². The van der Waals surface area contributed by atoms with Crippen LogP contribution in [0.3, 0.4) is 0 Å². The highest BCUT2D eigenvalue weighted by Crippen LogP contribution is 2.31. The van der Waals surface area contributed by atoms with E-state index in [4.69, 9.17) is 16.3 Å². The summed E-state index contributed by atoms with van der Waals surface area (Å²) in [5, 5.41) is 9.76. The number of sulfone groups is 1. The zero-order chi connectivity index (χ0) is 17.3. The van der Waals surface area contributed by atoms with Crippen molar-refractivity contribution in [3.8, 4) is 11.8 Å². The molecule has 6 heteroatoms. The Bertz CT molecular complexity index is 957. The first-order valence-corrected chi connectivity index (χ1v) is 9.18. The number of benzene rings is 2. The quantitative estimate of drug-likeness (QED) is 0.777. The Kier molecular flexibility index (Phi) is 4.35. The molecule has 0 saturated carbocycles. The van der Waals surface area contributed by atoms with Crippen molar-refractivity contribution in [2.75, 3.05) is 0 Å². The molecule has 0 spiro atoms. The molecule has 1 aliphatic heterocycles. The second-order valence-corrected chi connectivity index (χ2v) is 7.93. The summed E-state index contributed by atoms with van der Waals surface area (Å²) in [5.74, 6) is 0.804. The molecule has 3 rings (SSSR count). The van der Waals surface area contributed by atoms with Crippen LogP contribution in [0.5, 0.6) is 5.75 Å². The summed E-state index contributed by atoms with van der Waals surface area (Å²) in [6.45, 7) is 1.97. The van der Waals surface area contributed by atoms with Gasteiger partial charge in [0.05, 0.1) is 4.90 Å². The Morgan fingerprint density at radius 3 is 2.67 bits per heavy atom. The van der Waals surface area contributed by atoms with Crippen LogP contribution >= 0.6 is 11.6 Å². The summed E-state index contributed by atoms with van der Waals surface area (Å²) in [6, 6.07) is 12.9. The van der Waals surface area contributed by atoms with Gasteiger partial charge in [-0.3, -0.25) is 0 Å². The first-order chi connectivity index (χ1) is 11.4. The van der Waals surface area contributed by atoms with Crippen LogP contribution in [0.1, 0.15) is 18.1 Å². The average molecular weight is 360 g/mol. The Labute approximate surface area is 145 Å². The summed E-state index contributed by atoms with van der Waals surface area (Å²) in [6.07, 6.45) is 2.25. The van der Waals surface area contributed by atoms with Crippen LogP contribution in [0.4, 0.5) is 0 Å². The standard InChI is InChI=1S/C18H14ClNO3S/c1-12-8-14-9-13(2-7-18(14)23-12)10-17(11-20)24(21,22)16-5-3-15(19)4-6-16/h2-7,9-10,12H,8H2,1H3. The van der Waals surface area contributed by atoms with E-state index in [-0.39, 0.29) is 15.9 Å². The average Bonchev–Trinajstić information content (AvgIpc) is 2.92. The molecule has 122 valence electrons. The molecule has 1 heterocycles. The molecule has 0 amide bonds. The molecular weight excluding hydrogens is 346 g/mol. The summed E-state index contributed by atoms with van der Waals surface area (Å²) in [7, 11) is -3.88. The molecule has 0 aliphatic carbocycles. The van der Waals surface area contributed by atoms with E-state index in [0.717, 1.165) is 17.7 Å². The van der Waals surface area contributed by atoms with Crippen molar-refractivity contribution in [2.24, 2.45) is 0 Å². The number of nitriles is 1. The first-order valence-electron chi connectivity index (χ1n) is 7.32. The van der Waals surface area contributed by atoms with Gasteiger partial charge in [0.25, 0.3) is 0 Å². The highest BCUT2D eigenvalue weighted by Gasteiger charge is 2.22. The minimum absolute atomic E-state index is 0.0396. The lowest BCUT2D eigenvalue weighted by molar-refractivity contribution is 0.254. The Hall–Kier alpha value is -2.29. The largest absolute Gasteiger partial charge is 0.490 e. The van der Waals surface area contributed by atoms with Crippen LogP contribution < -0.4 is 4.74 Å². The summed E-state index contributed by atoms with van der Waals surface area (Å²) < 4.78 is 30.8. The second kappa shape index (κ2) is 6.31. The van der Waals surface area contributed by atoms with E-state index in [1.165, 1.54) is 30.3 Å². The maximum absolute atomic E-state index is 12.6. The molecule has 4 nitrogen and oxygen atoms in total. The van der Waals surface area contributed by atoms with Gasteiger partial charge in [0, 0.05) is 11.4 Å². The molecule has 1 unspecified atom stereocenters. The number of hydrogen-bond donors (Lipinski definition) is 0. The molecule has 1 atom stereocenters. The topological polar surface area (TPSA) is 67.2 Å². The fraction of sp³-hybridized carbons (Fsp3) is 0.167. The number of fused-ring (bicyclic) bond motifs is 1. The van der Waals surface area contributed by atoms with Crippen molar-refractivity contribution in [2.45, 2.75) is 24.3 Å². The van der Waals surface area contributed by atoms with Gasteiger partial charge in [-0.15, -0.1) is 0 Å². The normalized spacial score (nSPS) is 17.0. The van der Waals surface area contributed by atoms with E-state index in [1.807, 2.05) is 13.0 Å². The maximum Gasteiger partial charge on any atom is 0.216 e. The molecule has 0 radical (unpaired) electrons. The number of hydrogen-bond acceptors (Lipinski definition) is 4. The zero-order valence-corrected chi connectivity index (χ0v) is 14.4. The van der Waals surface area contributed by atoms with E-state index in [2.05, 4.69) is 0 Å². The highest BCUT2D eigenvalue weighted by molar-refractivity contribution is 7.95. The summed E-state index contributed by atoms with van der Waals surface area (Å²) >= 11 is 5.78. The lowest BCUT2D eigenvalue weighted by Crippen LogP contribution is -2.05. The Balaban J connectivity index is 2.00. The molecular formula is C18H14ClNO3S. The van der Waals surface area contributed by atoms with E-state index in [9.17, 15) is 13.7 Å². The molecule has 2 aromatic rings. The van der Waals surface area contributed by atoms with Gasteiger partial charge < -0.3 is 4.74 Å². The van der Waals surface area contributed by atoms with Gasteiger partial charge in [0.1, 0.15) is 22.8 Å². The van der Waals surface area contributed by atoms with Gasteiger partial charge in [-0.25, -0.2) is 8.42 Å². The summed E-state index contributed by atoms with van der Waals surface area (Å²) in [4.78, 5) is -0.269. The molecule has 1 aliphatic rings. The SMILES string of the molecule is CC1Cc2cc(C=C(C#N)S(=O)(=O)c3ccc(Cl)cc3)ccc2O1. The van der Waals surface area contributed by atoms with Gasteiger partial charge >= 0.3 is 0 Å². The van der Waals surface area contributed by atoms with Crippen molar-refractivity contribution in [3.05, 3.63) is 63.5 Å². The van der Waals surface area contributed by atoms with Crippen molar-refractivity contribution in [1.29, 1.82) is 5.26 Å². The molecule has 0 fully saturated rings. The van der Waals surface area contributed by atoms with Gasteiger partial charge in [-0.1, -0.05) is 17.7 Å². The van der Waals surface area contributed by atoms with E-state index in [0.29, 0.717) is 10.6 Å². The number of ether oxygens (including phenoxy) is 1. The number of halogens is 1. The zero-order valence-electron chi connectivity index (χ0n) is 12.9. The van der Waals surface area contributed by atoms with Gasteiger partial charge in [-0.2, -0.15) is 5.26 Å². The Morgan fingerprint density at radius 1 is 1.29 bits per heavy atom.